The average Bonchev–Trinajstić information content (AvgIpc) is 3.60. The molecule has 5 heterocycles. The highest BCUT2D eigenvalue weighted by Crippen LogP contribution is 2.45. The van der Waals surface area contributed by atoms with Crippen LogP contribution in [0.4, 0.5) is 16.2 Å². The third-order valence-electron chi connectivity index (χ3n) is 7.20. The van der Waals surface area contributed by atoms with Crippen LogP contribution in [0.5, 0.6) is 0 Å². The lowest BCUT2D eigenvalue weighted by Crippen LogP contribution is -2.60. The first kappa shape index (κ1) is 21.2. The predicted molar refractivity (Wildman–Crippen MR) is 138 cm³/mol. The number of rotatable bonds is 3. The summed E-state index contributed by atoms with van der Waals surface area (Å²) in [6.45, 7) is 1.59. The molecule has 3 amide bonds. The zero-order chi connectivity index (χ0) is 23.7. The summed E-state index contributed by atoms with van der Waals surface area (Å²) in [6, 6.07) is 13.2. The Morgan fingerprint density at radius 3 is 2.83 bits per heavy atom. The number of morpholine rings is 1. The lowest BCUT2D eigenvalue weighted by molar-refractivity contribution is -0.118. The smallest absolute Gasteiger partial charge is 0.329 e. The van der Waals surface area contributed by atoms with Crippen LogP contribution in [0.3, 0.4) is 0 Å². The number of nitrogens with one attached hydrogen (secondary N) is 1. The number of nitrogens with zero attached hydrogens (tertiary/aromatic N) is 3. The van der Waals surface area contributed by atoms with E-state index in [1.54, 1.807) is 12.4 Å². The Hall–Kier alpha value is -3.07. The minimum atomic E-state index is -0.469. The number of halogens is 1. The van der Waals surface area contributed by atoms with Gasteiger partial charge in [-0.3, -0.25) is 9.78 Å². The molecule has 1 N–H and O–H groups in total. The number of urea groups is 1. The number of thioether (sulfide) groups is 1. The lowest BCUT2D eigenvalue weighted by atomic mass is 10.1. The maximum Gasteiger partial charge on any atom is 0.329 e. The zero-order valence-corrected chi connectivity index (χ0v) is 20.1. The number of hydrogen-bond donors (Lipinski definition) is 1. The van der Waals surface area contributed by atoms with E-state index < -0.39 is 11.3 Å². The summed E-state index contributed by atoms with van der Waals surface area (Å²) >= 11 is 7.83. The largest absolute Gasteiger partial charge is 0.374 e. The van der Waals surface area contributed by atoms with Crippen LogP contribution in [0.25, 0.3) is 15.7 Å². The van der Waals surface area contributed by atoms with E-state index in [1.165, 1.54) is 16.7 Å². The van der Waals surface area contributed by atoms with E-state index >= 15 is 0 Å². The lowest BCUT2D eigenvalue weighted by Gasteiger charge is -2.34. The second-order valence-corrected chi connectivity index (χ2v) is 10.9. The van der Waals surface area contributed by atoms with Crippen LogP contribution in [0.1, 0.15) is 12.0 Å². The standard InChI is InChI=1S/C26H21ClN4O3S/c27-20-4-2-1-3-18(20)23-9-21-24(35-23)25(32)31(26(33)29-21)22-11-28-10-14-5-6-15(8-19(14)22)30-12-17-7-16(30)13-34-17/h1-6,8-11,16-17,21,24H,7,12-13H2,(H,29,33)/t16-,17-,21?,24?/m1/s1. The third-order valence-corrected chi connectivity index (χ3v) is 8.89. The molecule has 1 aromatic heterocycles. The molecule has 3 aromatic rings. The van der Waals surface area contributed by atoms with Crippen molar-refractivity contribution in [1.29, 1.82) is 0 Å². The molecule has 7 nitrogen and oxygen atoms in total. The number of anilines is 2. The van der Waals surface area contributed by atoms with Gasteiger partial charge in [-0.2, -0.15) is 0 Å². The summed E-state index contributed by atoms with van der Waals surface area (Å²) in [5.41, 5.74) is 2.43. The van der Waals surface area contributed by atoms with Crippen molar-refractivity contribution in [3.63, 3.8) is 0 Å². The molecule has 35 heavy (non-hydrogen) atoms. The monoisotopic (exact) mass is 504 g/mol. The maximum absolute atomic E-state index is 13.7. The maximum atomic E-state index is 13.7. The normalized spacial score (nSPS) is 27.4. The summed E-state index contributed by atoms with van der Waals surface area (Å²) in [5, 5.41) is 4.86. The number of carbonyl (C=O) groups is 2. The quantitative estimate of drug-likeness (QED) is 0.568. The molecule has 7 rings (SSSR count). The average molecular weight is 505 g/mol. The van der Waals surface area contributed by atoms with Crippen molar-refractivity contribution in [2.45, 2.75) is 29.9 Å². The number of carbonyl (C=O) groups excluding carboxylic acids is 2. The fraction of sp³-hybridized carbons (Fsp3) is 0.269. The van der Waals surface area contributed by atoms with Crippen molar-refractivity contribution in [2.75, 3.05) is 23.0 Å². The molecule has 2 aromatic carbocycles. The van der Waals surface area contributed by atoms with Crippen molar-refractivity contribution in [3.8, 4) is 0 Å². The molecule has 3 saturated heterocycles. The number of amides is 3. The Kier molecular flexibility index (Phi) is 4.84. The van der Waals surface area contributed by atoms with Gasteiger partial charge in [0.05, 0.1) is 36.7 Å². The van der Waals surface area contributed by atoms with Crippen LogP contribution in [0.15, 0.2) is 60.9 Å². The van der Waals surface area contributed by atoms with Gasteiger partial charge >= 0.3 is 6.03 Å². The first-order chi connectivity index (χ1) is 17.1. The van der Waals surface area contributed by atoms with E-state index in [2.05, 4.69) is 27.3 Å². The van der Waals surface area contributed by atoms with Crippen LogP contribution < -0.4 is 15.1 Å². The highest BCUT2D eigenvalue weighted by atomic mass is 35.5. The number of pyridine rings is 1. The van der Waals surface area contributed by atoms with Gasteiger partial charge < -0.3 is 15.0 Å². The fourth-order valence-corrected chi connectivity index (χ4v) is 7.10. The molecule has 4 aliphatic rings. The molecule has 0 radical (unpaired) electrons. The van der Waals surface area contributed by atoms with E-state index in [1.807, 2.05) is 36.4 Å². The third kappa shape index (κ3) is 3.35. The number of aromatic nitrogens is 1. The van der Waals surface area contributed by atoms with Crippen molar-refractivity contribution < 1.29 is 14.3 Å². The molecule has 176 valence electrons. The van der Waals surface area contributed by atoms with Gasteiger partial charge in [0.25, 0.3) is 5.91 Å². The van der Waals surface area contributed by atoms with Gasteiger partial charge in [-0.1, -0.05) is 35.9 Å². The molecule has 2 unspecified atom stereocenters. The highest BCUT2D eigenvalue weighted by molar-refractivity contribution is 8.09. The molecule has 9 heteroatoms. The summed E-state index contributed by atoms with van der Waals surface area (Å²) in [5.74, 6) is -0.254. The molecule has 2 bridgehead atoms. The van der Waals surface area contributed by atoms with Crippen LogP contribution in [0, 0.1) is 0 Å². The van der Waals surface area contributed by atoms with Gasteiger partial charge in [0.15, 0.2) is 0 Å². The minimum Gasteiger partial charge on any atom is -0.374 e. The van der Waals surface area contributed by atoms with Gasteiger partial charge in [-0.05, 0) is 30.7 Å². The first-order valence-corrected chi connectivity index (χ1v) is 12.9. The summed E-state index contributed by atoms with van der Waals surface area (Å²) in [4.78, 5) is 35.8. The summed E-state index contributed by atoms with van der Waals surface area (Å²) in [7, 11) is 0. The minimum absolute atomic E-state index is 0.254. The molecule has 0 spiro atoms. The van der Waals surface area contributed by atoms with Gasteiger partial charge in [0.2, 0.25) is 0 Å². The first-order valence-electron chi connectivity index (χ1n) is 11.6. The van der Waals surface area contributed by atoms with Crippen molar-refractivity contribution in [3.05, 3.63) is 71.5 Å². The van der Waals surface area contributed by atoms with Gasteiger partial charge in [-0.25, -0.2) is 9.69 Å². The van der Waals surface area contributed by atoms with Crippen LogP contribution in [-0.2, 0) is 9.53 Å². The molecule has 0 aliphatic carbocycles. The molecule has 4 atom stereocenters. The summed E-state index contributed by atoms with van der Waals surface area (Å²) in [6.07, 6.45) is 6.60. The zero-order valence-electron chi connectivity index (χ0n) is 18.6. The Morgan fingerprint density at radius 2 is 2.03 bits per heavy atom. The number of hydrogen-bond acceptors (Lipinski definition) is 6. The van der Waals surface area contributed by atoms with Crippen LogP contribution in [-0.4, -0.2) is 53.5 Å². The van der Waals surface area contributed by atoms with Crippen molar-refractivity contribution in [2.24, 2.45) is 0 Å². The summed E-state index contributed by atoms with van der Waals surface area (Å²) < 4.78 is 5.75. The number of ether oxygens (including phenoxy) is 1. The Morgan fingerprint density at radius 1 is 1.14 bits per heavy atom. The molecule has 3 fully saturated rings. The Balaban J connectivity index is 1.24. The van der Waals surface area contributed by atoms with E-state index in [-0.39, 0.29) is 18.1 Å². The highest BCUT2D eigenvalue weighted by Gasteiger charge is 2.46. The molecular weight excluding hydrogens is 484 g/mol. The van der Waals surface area contributed by atoms with Crippen LogP contribution in [0.2, 0.25) is 5.02 Å². The number of benzene rings is 2. The van der Waals surface area contributed by atoms with E-state index in [0.29, 0.717) is 16.8 Å². The number of imide groups is 1. The van der Waals surface area contributed by atoms with Gasteiger partial charge in [-0.15, -0.1) is 11.8 Å². The second-order valence-electron chi connectivity index (χ2n) is 9.26. The van der Waals surface area contributed by atoms with Crippen molar-refractivity contribution >= 4 is 62.4 Å². The van der Waals surface area contributed by atoms with Gasteiger partial charge in [0.1, 0.15) is 5.25 Å². The fourth-order valence-electron chi connectivity index (χ4n) is 5.51. The molecular formula is C26H21ClN4O3S. The topological polar surface area (TPSA) is 74.8 Å². The predicted octanol–water partition coefficient (Wildman–Crippen LogP) is 4.45. The number of fused-ring (bicyclic) bond motifs is 4. The molecule has 4 aliphatic heterocycles. The second kappa shape index (κ2) is 7.98. The van der Waals surface area contributed by atoms with E-state index in [4.69, 9.17) is 16.3 Å². The SMILES string of the molecule is O=C1NC2C=C(c3ccccc3Cl)SC2C(=O)N1c1cncc2ccc(N3C[C@H]4C[C@@H]3CO4)cc12. The van der Waals surface area contributed by atoms with E-state index in [0.717, 1.165) is 46.5 Å². The van der Waals surface area contributed by atoms with Gasteiger partial charge in [0, 0.05) is 44.7 Å². The van der Waals surface area contributed by atoms with Crippen LogP contribution >= 0.6 is 23.4 Å². The Bertz CT molecular complexity index is 1430. The molecule has 0 saturated carbocycles. The Labute approximate surface area is 211 Å². The van der Waals surface area contributed by atoms with Crippen molar-refractivity contribution in [1.82, 2.24) is 10.3 Å². The van der Waals surface area contributed by atoms with E-state index in [9.17, 15) is 9.59 Å².